The Morgan fingerprint density at radius 1 is 1.50 bits per heavy atom. The number of rotatable bonds is 4. The van der Waals surface area contributed by atoms with E-state index in [4.69, 9.17) is 15.9 Å². The molecule has 0 aromatic carbocycles. The van der Waals surface area contributed by atoms with Gasteiger partial charge in [0.05, 0.1) is 11.3 Å². The van der Waals surface area contributed by atoms with Crippen LogP contribution in [0.1, 0.15) is 19.8 Å². The number of hydrogen-bond acceptors (Lipinski definition) is 4. The van der Waals surface area contributed by atoms with Gasteiger partial charge in [-0.25, -0.2) is 8.42 Å². The van der Waals surface area contributed by atoms with Crippen molar-refractivity contribution < 1.29 is 13.2 Å². The van der Waals surface area contributed by atoms with Gasteiger partial charge >= 0.3 is 0 Å². The highest BCUT2D eigenvalue weighted by atomic mass is 32.2. The molecule has 0 saturated carbocycles. The maximum absolute atomic E-state index is 12.1. The van der Waals surface area contributed by atoms with Crippen molar-refractivity contribution in [1.82, 2.24) is 4.31 Å². The third-order valence-electron chi connectivity index (χ3n) is 2.99. The van der Waals surface area contributed by atoms with Crippen LogP contribution in [0.15, 0.2) is 0 Å². The first-order chi connectivity index (χ1) is 7.37. The third-order valence-corrected chi connectivity index (χ3v) is 5.42. The van der Waals surface area contributed by atoms with Crippen molar-refractivity contribution in [2.45, 2.75) is 31.1 Å². The lowest BCUT2D eigenvalue weighted by Crippen LogP contribution is -2.48. The van der Waals surface area contributed by atoms with Gasteiger partial charge in [0.25, 0.3) is 0 Å². The van der Waals surface area contributed by atoms with Crippen LogP contribution in [0.3, 0.4) is 0 Å². The van der Waals surface area contributed by atoms with Crippen LogP contribution in [-0.4, -0.2) is 50.1 Å². The summed E-state index contributed by atoms with van der Waals surface area (Å²) in [5.41, 5.74) is 5.32. The largest absolute Gasteiger partial charge is 0.386 e. The smallest absolute Gasteiger partial charge is 0.217 e. The second kappa shape index (κ2) is 5.11. The fourth-order valence-electron chi connectivity index (χ4n) is 1.63. The summed E-state index contributed by atoms with van der Waals surface area (Å²) in [5, 5.41) is 6.86. The number of nitrogens with two attached hydrogens (primary N) is 1. The Morgan fingerprint density at radius 3 is 2.44 bits per heavy atom. The molecule has 1 fully saturated rings. The molecule has 1 aliphatic heterocycles. The molecule has 1 aliphatic rings. The molecule has 0 spiro atoms. The number of hydrogen-bond donors (Lipinski definition) is 2. The average molecular weight is 249 g/mol. The molecular weight excluding hydrogens is 230 g/mol. The monoisotopic (exact) mass is 249 g/mol. The fraction of sp³-hybridized carbons (Fsp3) is 0.889. The molecule has 0 aromatic heterocycles. The summed E-state index contributed by atoms with van der Waals surface area (Å²) >= 11 is 0. The van der Waals surface area contributed by atoms with Gasteiger partial charge in [0.15, 0.2) is 0 Å². The van der Waals surface area contributed by atoms with Crippen molar-refractivity contribution in [3.8, 4) is 0 Å². The summed E-state index contributed by atoms with van der Waals surface area (Å²) in [6, 6.07) is -0.590. The minimum absolute atomic E-state index is 0.141. The second-order valence-corrected chi connectivity index (χ2v) is 6.28. The summed E-state index contributed by atoms with van der Waals surface area (Å²) in [6.45, 7) is 2.57. The quantitative estimate of drug-likeness (QED) is 0.530. The van der Waals surface area contributed by atoms with Gasteiger partial charge in [-0.3, -0.25) is 5.41 Å². The zero-order valence-electron chi connectivity index (χ0n) is 9.64. The molecule has 0 radical (unpaired) electrons. The van der Waals surface area contributed by atoms with Crippen LogP contribution in [0.25, 0.3) is 0 Å². The molecule has 1 heterocycles. The third kappa shape index (κ3) is 2.72. The van der Waals surface area contributed by atoms with Crippen LogP contribution in [-0.2, 0) is 14.8 Å². The zero-order valence-corrected chi connectivity index (χ0v) is 10.5. The van der Waals surface area contributed by atoms with E-state index in [1.165, 1.54) is 11.4 Å². The molecule has 16 heavy (non-hydrogen) atoms. The van der Waals surface area contributed by atoms with E-state index in [9.17, 15) is 8.42 Å². The number of likely N-dealkylation sites (N-methyl/N-ethyl adjacent to an activating group) is 1. The summed E-state index contributed by atoms with van der Waals surface area (Å²) in [4.78, 5) is 0. The van der Waals surface area contributed by atoms with E-state index in [2.05, 4.69) is 0 Å². The van der Waals surface area contributed by atoms with Gasteiger partial charge in [0, 0.05) is 20.3 Å². The van der Waals surface area contributed by atoms with Crippen molar-refractivity contribution in [1.29, 1.82) is 5.41 Å². The van der Waals surface area contributed by atoms with Crippen LogP contribution in [0, 0.1) is 5.41 Å². The molecule has 1 saturated heterocycles. The Kier molecular flexibility index (Phi) is 4.28. The summed E-state index contributed by atoms with van der Waals surface area (Å²) in [6.07, 6.45) is 1.02. The highest BCUT2D eigenvalue weighted by Crippen LogP contribution is 2.20. The van der Waals surface area contributed by atoms with Crippen LogP contribution in [0.2, 0.25) is 0 Å². The molecule has 3 N–H and O–H groups in total. The van der Waals surface area contributed by atoms with E-state index in [1.54, 1.807) is 6.92 Å². The first-order valence-electron chi connectivity index (χ1n) is 5.26. The van der Waals surface area contributed by atoms with Gasteiger partial charge in [-0.15, -0.1) is 0 Å². The van der Waals surface area contributed by atoms with Gasteiger partial charge in [-0.05, 0) is 19.8 Å². The van der Waals surface area contributed by atoms with E-state index in [-0.39, 0.29) is 5.84 Å². The molecule has 0 bridgehead atoms. The average Bonchev–Trinajstić information content (AvgIpc) is 2.28. The highest BCUT2D eigenvalue weighted by Gasteiger charge is 2.34. The summed E-state index contributed by atoms with van der Waals surface area (Å²) in [5.74, 6) is -0.141. The van der Waals surface area contributed by atoms with Crippen molar-refractivity contribution in [2.24, 2.45) is 5.73 Å². The fourth-order valence-corrected chi connectivity index (χ4v) is 3.44. The predicted molar refractivity (Wildman–Crippen MR) is 61.9 cm³/mol. The van der Waals surface area contributed by atoms with Crippen molar-refractivity contribution in [2.75, 3.05) is 20.3 Å². The van der Waals surface area contributed by atoms with Crippen molar-refractivity contribution >= 4 is 15.9 Å². The number of ether oxygens (including phenoxy) is 1. The van der Waals surface area contributed by atoms with Gasteiger partial charge in [0.2, 0.25) is 10.0 Å². The van der Waals surface area contributed by atoms with Gasteiger partial charge < -0.3 is 10.5 Å². The minimum Gasteiger partial charge on any atom is -0.386 e. The molecule has 0 amide bonds. The minimum atomic E-state index is -3.37. The topological polar surface area (TPSA) is 96.5 Å². The van der Waals surface area contributed by atoms with Crippen LogP contribution >= 0.6 is 0 Å². The first kappa shape index (κ1) is 13.4. The van der Waals surface area contributed by atoms with E-state index in [0.29, 0.717) is 26.1 Å². The number of amidine groups is 1. The van der Waals surface area contributed by atoms with Crippen LogP contribution in [0.5, 0.6) is 0 Å². The van der Waals surface area contributed by atoms with Gasteiger partial charge in [0.1, 0.15) is 5.84 Å². The van der Waals surface area contributed by atoms with Gasteiger partial charge in [-0.2, -0.15) is 4.31 Å². The van der Waals surface area contributed by atoms with Gasteiger partial charge in [-0.1, -0.05) is 0 Å². The van der Waals surface area contributed by atoms with E-state index < -0.39 is 21.3 Å². The molecule has 6 nitrogen and oxygen atoms in total. The molecule has 1 atom stereocenters. The Balaban J connectivity index is 2.79. The Hall–Kier alpha value is -0.660. The van der Waals surface area contributed by atoms with E-state index in [1.807, 2.05) is 0 Å². The Morgan fingerprint density at radius 2 is 2.00 bits per heavy atom. The first-order valence-corrected chi connectivity index (χ1v) is 6.76. The maximum atomic E-state index is 12.1. The Bertz CT molecular complexity index is 349. The zero-order chi connectivity index (χ0) is 12.3. The highest BCUT2D eigenvalue weighted by molar-refractivity contribution is 7.89. The lowest BCUT2D eigenvalue weighted by atomic mass is 10.2. The lowest BCUT2D eigenvalue weighted by molar-refractivity contribution is 0.0973. The SMILES string of the molecule is CC(C(=N)N)N(C)S(=O)(=O)C1CCOCC1. The summed E-state index contributed by atoms with van der Waals surface area (Å²) in [7, 11) is -1.90. The number of sulfonamides is 1. The second-order valence-electron chi connectivity index (χ2n) is 4.00. The molecule has 0 aliphatic carbocycles. The molecule has 1 unspecified atom stereocenters. The van der Waals surface area contributed by atoms with E-state index >= 15 is 0 Å². The van der Waals surface area contributed by atoms with Crippen LogP contribution < -0.4 is 5.73 Å². The van der Waals surface area contributed by atoms with Crippen molar-refractivity contribution in [3.63, 3.8) is 0 Å². The van der Waals surface area contributed by atoms with Crippen molar-refractivity contribution in [3.05, 3.63) is 0 Å². The summed E-state index contributed by atoms with van der Waals surface area (Å²) < 4.78 is 30.6. The van der Waals surface area contributed by atoms with E-state index in [0.717, 1.165) is 0 Å². The standard InChI is InChI=1S/C9H19N3O3S/c1-7(9(10)11)12(2)16(13,14)8-3-5-15-6-4-8/h7-8H,3-6H2,1-2H3,(H3,10,11). The molecular formula is C9H19N3O3S. The molecule has 7 heteroatoms. The number of nitrogens with zero attached hydrogens (tertiary/aromatic N) is 1. The predicted octanol–water partition coefficient (Wildman–Crippen LogP) is -0.249. The molecule has 0 aromatic rings. The number of nitrogens with one attached hydrogen (secondary N) is 1. The Labute approximate surface area is 96.3 Å². The normalized spacial score (nSPS) is 20.9. The van der Waals surface area contributed by atoms with Crippen LogP contribution in [0.4, 0.5) is 0 Å². The molecule has 1 rings (SSSR count). The lowest BCUT2D eigenvalue weighted by Gasteiger charge is -2.30. The maximum Gasteiger partial charge on any atom is 0.217 e. The molecule has 94 valence electrons.